The molecule has 0 saturated carbocycles. The van der Waals surface area contributed by atoms with Gasteiger partial charge in [-0.05, 0) is 19.1 Å². The molecule has 0 atom stereocenters. The van der Waals surface area contributed by atoms with Crippen LogP contribution in [0.2, 0.25) is 5.02 Å². The minimum atomic E-state index is -0.0648. The molecule has 1 amide bonds. The fourth-order valence-electron chi connectivity index (χ4n) is 1.39. The molecule has 7 heteroatoms. The highest BCUT2D eigenvalue weighted by Crippen LogP contribution is 2.28. The Labute approximate surface area is 119 Å². The van der Waals surface area contributed by atoms with E-state index < -0.39 is 0 Å². The summed E-state index contributed by atoms with van der Waals surface area (Å²) in [5.41, 5.74) is 0.682. The van der Waals surface area contributed by atoms with Crippen molar-refractivity contribution in [1.29, 1.82) is 0 Å². The molecule has 1 heterocycles. The normalized spacial score (nSPS) is 10.4. The maximum atomic E-state index is 11.3. The summed E-state index contributed by atoms with van der Waals surface area (Å²) in [6, 6.07) is 7.22. The van der Waals surface area contributed by atoms with Gasteiger partial charge in [-0.15, -0.1) is 10.2 Å². The Kier molecular flexibility index (Phi) is 4.81. The van der Waals surface area contributed by atoms with Crippen molar-refractivity contribution in [2.24, 2.45) is 0 Å². The van der Waals surface area contributed by atoms with Crippen molar-refractivity contribution in [2.75, 3.05) is 12.3 Å². The summed E-state index contributed by atoms with van der Waals surface area (Å²) in [5.74, 6) is 0.534. The maximum absolute atomic E-state index is 11.3. The van der Waals surface area contributed by atoms with Crippen LogP contribution in [-0.4, -0.2) is 28.4 Å². The van der Waals surface area contributed by atoms with Gasteiger partial charge >= 0.3 is 0 Å². The van der Waals surface area contributed by atoms with Crippen LogP contribution in [0.3, 0.4) is 0 Å². The number of carbonyl (C=O) groups excluding carboxylic acids is 1. The number of nitrogens with one attached hydrogen (secondary N) is 1. The van der Waals surface area contributed by atoms with E-state index in [1.165, 1.54) is 11.8 Å². The Balaban J connectivity index is 2.04. The molecule has 0 radical (unpaired) electrons. The molecule has 1 aromatic carbocycles. The lowest BCUT2D eigenvalue weighted by Gasteiger charge is -1.98. The summed E-state index contributed by atoms with van der Waals surface area (Å²) in [6.45, 7) is 2.47. The second-order valence-electron chi connectivity index (χ2n) is 3.60. The first-order valence-corrected chi connectivity index (χ1v) is 7.05. The first-order chi connectivity index (χ1) is 9.20. The maximum Gasteiger partial charge on any atom is 0.277 e. The monoisotopic (exact) mass is 297 g/mol. The summed E-state index contributed by atoms with van der Waals surface area (Å²) in [5, 5.41) is 11.4. The van der Waals surface area contributed by atoms with E-state index in [2.05, 4.69) is 15.5 Å². The Hall–Kier alpha value is -1.53. The molecule has 0 aliphatic heterocycles. The van der Waals surface area contributed by atoms with Crippen LogP contribution in [0.1, 0.15) is 6.92 Å². The van der Waals surface area contributed by atoms with E-state index in [-0.39, 0.29) is 11.7 Å². The van der Waals surface area contributed by atoms with E-state index in [1.54, 1.807) is 12.1 Å². The molecule has 0 saturated heterocycles. The van der Waals surface area contributed by atoms with E-state index in [0.29, 0.717) is 28.2 Å². The number of thioether (sulfide) groups is 1. The average molecular weight is 298 g/mol. The van der Waals surface area contributed by atoms with Gasteiger partial charge in [0, 0.05) is 6.54 Å². The highest BCUT2D eigenvalue weighted by Gasteiger charge is 2.12. The van der Waals surface area contributed by atoms with Crippen LogP contribution >= 0.6 is 23.4 Å². The predicted molar refractivity (Wildman–Crippen MR) is 74.2 cm³/mol. The molecule has 0 aliphatic rings. The molecule has 0 unspecified atom stereocenters. The second kappa shape index (κ2) is 6.58. The SMILES string of the molecule is CCNC(=O)CSc1nnc(-c2ccccc2Cl)o1. The van der Waals surface area contributed by atoms with Gasteiger partial charge in [-0.2, -0.15) is 0 Å². The number of hydrogen-bond donors (Lipinski definition) is 1. The fraction of sp³-hybridized carbons (Fsp3) is 0.250. The zero-order valence-electron chi connectivity index (χ0n) is 10.2. The number of halogens is 1. The van der Waals surface area contributed by atoms with Crippen LogP contribution in [0, 0.1) is 0 Å². The quantitative estimate of drug-likeness (QED) is 0.859. The van der Waals surface area contributed by atoms with Crippen molar-refractivity contribution < 1.29 is 9.21 Å². The molecule has 2 aromatic rings. The zero-order valence-corrected chi connectivity index (χ0v) is 11.8. The third-order valence-corrected chi connectivity index (χ3v) is 3.36. The zero-order chi connectivity index (χ0) is 13.7. The molecule has 1 aromatic heterocycles. The number of carbonyl (C=O) groups is 1. The molecule has 2 rings (SSSR count). The Morgan fingerprint density at radius 3 is 2.95 bits per heavy atom. The van der Waals surface area contributed by atoms with Crippen molar-refractivity contribution in [1.82, 2.24) is 15.5 Å². The highest BCUT2D eigenvalue weighted by molar-refractivity contribution is 7.99. The molecule has 1 N–H and O–H groups in total. The molecule has 0 spiro atoms. The number of aromatic nitrogens is 2. The number of benzene rings is 1. The Morgan fingerprint density at radius 1 is 1.42 bits per heavy atom. The molecular formula is C12H12ClN3O2S. The lowest BCUT2D eigenvalue weighted by atomic mass is 10.2. The van der Waals surface area contributed by atoms with Crippen LogP contribution in [0.15, 0.2) is 33.9 Å². The standard InChI is InChI=1S/C12H12ClN3O2S/c1-2-14-10(17)7-19-12-16-15-11(18-12)8-5-3-4-6-9(8)13/h3-6H,2,7H2,1H3,(H,14,17). The first-order valence-electron chi connectivity index (χ1n) is 5.68. The van der Waals surface area contributed by atoms with Gasteiger partial charge in [-0.1, -0.05) is 35.5 Å². The molecule has 5 nitrogen and oxygen atoms in total. The lowest BCUT2D eigenvalue weighted by molar-refractivity contribution is -0.118. The van der Waals surface area contributed by atoms with E-state index in [9.17, 15) is 4.79 Å². The Bertz CT molecular complexity index is 574. The van der Waals surface area contributed by atoms with Gasteiger partial charge in [-0.25, -0.2) is 0 Å². The molecule has 100 valence electrons. The predicted octanol–water partition coefficient (Wildman–Crippen LogP) is 2.62. The second-order valence-corrected chi connectivity index (χ2v) is 4.93. The van der Waals surface area contributed by atoms with Gasteiger partial charge in [0.15, 0.2) is 0 Å². The van der Waals surface area contributed by atoms with E-state index in [0.717, 1.165) is 0 Å². The fourth-order valence-corrected chi connectivity index (χ4v) is 2.20. The first kappa shape index (κ1) is 13.9. The summed E-state index contributed by atoms with van der Waals surface area (Å²) >= 11 is 7.23. The number of nitrogens with zero attached hydrogens (tertiary/aromatic N) is 2. The van der Waals surface area contributed by atoms with Crippen molar-refractivity contribution in [3.05, 3.63) is 29.3 Å². The minimum Gasteiger partial charge on any atom is -0.411 e. The van der Waals surface area contributed by atoms with E-state index in [1.807, 2.05) is 19.1 Å². The molecular weight excluding hydrogens is 286 g/mol. The average Bonchev–Trinajstić information content (AvgIpc) is 2.86. The topological polar surface area (TPSA) is 68.0 Å². The van der Waals surface area contributed by atoms with Gasteiger partial charge in [0.2, 0.25) is 11.8 Å². The third kappa shape index (κ3) is 3.71. The largest absolute Gasteiger partial charge is 0.411 e. The van der Waals surface area contributed by atoms with Gasteiger partial charge < -0.3 is 9.73 Å². The van der Waals surface area contributed by atoms with Gasteiger partial charge in [0.1, 0.15) is 0 Å². The van der Waals surface area contributed by atoms with Crippen molar-refractivity contribution in [2.45, 2.75) is 12.1 Å². The van der Waals surface area contributed by atoms with Crippen LogP contribution in [-0.2, 0) is 4.79 Å². The third-order valence-electron chi connectivity index (χ3n) is 2.21. The number of amides is 1. The summed E-state index contributed by atoms with van der Waals surface area (Å²) in [6.07, 6.45) is 0. The van der Waals surface area contributed by atoms with Gasteiger partial charge in [0.05, 0.1) is 16.3 Å². The van der Waals surface area contributed by atoms with Crippen molar-refractivity contribution >= 4 is 29.3 Å². The smallest absolute Gasteiger partial charge is 0.277 e. The van der Waals surface area contributed by atoms with E-state index >= 15 is 0 Å². The van der Waals surface area contributed by atoms with Crippen molar-refractivity contribution in [3.63, 3.8) is 0 Å². The molecule has 0 aliphatic carbocycles. The summed E-state index contributed by atoms with van der Waals surface area (Å²) in [4.78, 5) is 11.3. The number of rotatable bonds is 5. The van der Waals surface area contributed by atoms with Crippen LogP contribution < -0.4 is 5.32 Å². The van der Waals surface area contributed by atoms with Crippen LogP contribution in [0.25, 0.3) is 11.5 Å². The minimum absolute atomic E-state index is 0.0648. The molecule has 0 fully saturated rings. The molecule has 19 heavy (non-hydrogen) atoms. The Morgan fingerprint density at radius 2 is 2.21 bits per heavy atom. The van der Waals surface area contributed by atoms with Crippen LogP contribution in [0.5, 0.6) is 0 Å². The highest BCUT2D eigenvalue weighted by atomic mass is 35.5. The van der Waals surface area contributed by atoms with Gasteiger partial charge in [0.25, 0.3) is 5.22 Å². The molecule has 0 bridgehead atoms. The van der Waals surface area contributed by atoms with Gasteiger partial charge in [-0.3, -0.25) is 4.79 Å². The van der Waals surface area contributed by atoms with Crippen molar-refractivity contribution in [3.8, 4) is 11.5 Å². The summed E-state index contributed by atoms with van der Waals surface area (Å²) < 4.78 is 5.46. The summed E-state index contributed by atoms with van der Waals surface area (Å²) in [7, 11) is 0. The van der Waals surface area contributed by atoms with E-state index in [4.69, 9.17) is 16.0 Å². The lowest BCUT2D eigenvalue weighted by Crippen LogP contribution is -2.24. The number of hydrogen-bond acceptors (Lipinski definition) is 5. The van der Waals surface area contributed by atoms with Crippen LogP contribution in [0.4, 0.5) is 0 Å².